The molecule has 2 aliphatic heterocycles. The van der Waals surface area contributed by atoms with Crippen LogP contribution in [0.25, 0.3) is 0 Å². The van der Waals surface area contributed by atoms with Gasteiger partial charge in [-0.25, -0.2) is 0 Å². The molecule has 2 rings (SSSR count). The predicted octanol–water partition coefficient (Wildman–Crippen LogP) is 1.87. The van der Waals surface area contributed by atoms with Gasteiger partial charge in [-0.15, -0.1) is 0 Å². The average molecular weight is 225 g/mol. The Morgan fingerprint density at radius 2 is 2.38 bits per heavy atom. The Kier molecular flexibility index (Phi) is 4.00. The lowest BCUT2D eigenvalue weighted by atomic mass is 9.81. The molecule has 0 aromatic rings. The summed E-state index contributed by atoms with van der Waals surface area (Å²) < 4.78 is 11.4. The van der Waals surface area contributed by atoms with Gasteiger partial charge in [-0.05, 0) is 38.6 Å². The highest BCUT2D eigenvalue weighted by atomic mass is 16.6. The number of hydrogen-bond donors (Lipinski definition) is 1. The van der Waals surface area contributed by atoms with Crippen LogP contribution in [0.1, 0.15) is 32.6 Å². The second-order valence-corrected chi connectivity index (χ2v) is 5.05. The smallest absolute Gasteiger partial charge is 0.0942 e. The minimum atomic E-state index is 0.0285. The summed E-state index contributed by atoms with van der Waals surface area (Å²) >= 11 is 0. The van der Waals surface area contributed by atoms with Gasteiger partial charge in [0.2, 0.25) is 0 Å². The molecule has 2 heterocycles. The van der Waals surface area contributed by atoms with E-state index in [0.717, 1.165) is 52.0 Å². The van der Waals surface area contributed by atoms with Gasteiger partial charge in [-0.1, -0.05) is 11.6 Å². The molecule has 0 saturated carbocycles. The first kappa shape index (κ1) is 12.1. The highest BCUT2D eigenvalue weighted by Crippen LogP contribution is 2.38. The van der Waals surface area contributed by atoms with Crippen molar-refractivity contribution >= 4 is 0 Å². The van der Waals surface area contributed by atoms with Gasteiger partial charge in [0.05, 0.1) is 12.2 Å². The fourth-order valence-corrected chi connectivity index (χ4v) is 2.76. The van der Waals surface area contributed by atoms with Crippen molar-refractivity contribution in [3.63, 3.8) is 0 Å². The first-order chi connectivity index (χ1) is 7.76. The lowest BCUT2D eigenvalue weighted by molar-refractivity contribution is -0.0925. The molecule has 2 atom stereocenters. The third-order valence-corrected chi connectivity index (χ3v) is 3.84. The van der Waals surface area contributed by atoms with E-state index in [2.05, 4.69) is 13.0 Å². The van der Waals surface area contributed by atoms with Crippen molar-refractivity contribution in [3.05, 3.63) is 11.6 Å². The van der Waals surface area contributed by atoms with Gasteiger partial charge in [-0.2, -0.15) is 0 Å². The molecule has 0 aliphatic carbocycles. The maximum Gasteiger partial charge on any atom is 0.0942 e. The Balaban J connectivity index is 1.95. The van der Waals surface area contributed by atoms with Gasteiger partial charge in [0.15, 0.2) is 0 Å². The molecule has 2 fully saturated rings. The third kappa shape index (κ3) is 2.65. The standard InChI is InChI=1S/C13H23NO2/c1-11(3-2-6-14)12-4-7-16-13(9-12)5-8-15-10-13/h3,12H,2,4-10,14H2,1H3. The van der Waals surface area contributed by atoms with E-state index in [0.29, 0.717) is 5.92 Å². The molecule has 3 nitrogen and oxygen atoms in total. The Labute approximate surface area is 98.0 Å². The van der Waals surface area contributed by atoms with Gasteiger partial charge in [0.25, 0.3) is 0 Å². The van der Waals surface area contributed by atoms with Crippen LogP contribution in [0.5, 0.6) is 0 Å². The summed E-state index contributed by atoms with van der Waals surface area (Å²) in [5, 5.41) is 0. The largest absolute Gasteiger partial charge is 0.378 e. The first-order valence-corrected chi connectivity index (χ1v) is 6.34. The second-order valence-electron chi connectivity index (χ2n) is 5.05. The quantitative estimate of drug-likeness (QED) is 0.746. The molecule has 2 unspecified atom stereocenters. The average Bonchev–Trinajstić information content (AvgIpc) is 2.74. The van der Waals surface area contributed by atoms with Crippen molar-refractivity contribution in [2.75, 3.05) is 26.4 Å². The minimum absolute atomic E-state index is 0.0285. The molecule has 2 N–H and O–H groups in total. The molecule has 92 valence electrons. The van der Waals surface area contributed by atoms with Crippen LogP contribution < -0.4 is 5.73 Å². The highest BCUT2D eigenvalue weighted by Gasteiger charge is 2.41. The van der Waals surface area contributed by atoms with Crippen LogP contribution in [0, 0.1) is 5.92 Å². The number of allylic oxidation sites excluding steroid dienone is 1. The van der Waals surface area contributed by atoms with Crippen molar-refractivity contribution in [1.29, 1.82) is 0 Å². The van der Waals surface area contributed by atoms with Crippen LogP contribution >= 0.6 is 0 Å². The normalized spacial score (nSPS) is 35.9. The van der Waals surface area contributed by atoms with Gasteiger partial charge in [-0.3, -0.25) is 0 Å². The zero-order chi connectivity index (χ0) is 11.4. The summed E-state index contributed by atoms with van der Waals surface area (Å²) in [5.74, 6) is 0.669. The number of hydrogen-bond acceptors (Lipinski definition) is 3. The molecule has 0 aromatic carbocycles. The van der Waals surface area contributed by atoms with Crippen LogP contribution in [0.4, 0.5) is 0 Å². The molecule has 0 aromatic heterocycles. The van der Waals surface area contributed by atoms with Crippen molar-refractivity contribution in [2.45, 2.75) is 38.2 Å². The van der Waals surface area contributed by atoms with E-state index in [1.54, 1.807) is 0 Å². The van der Waals surface area contributed by atoms with Crippen molar-refractivity contribution < 1.29 is 9.47 Å². The number of ether oxygens (including phenoxy) is 2. The molecule has 0 radical (unpaired) electrons. The molecular weight excluding hydrogens is 202 g/mol. The predicted molar refractivity (Wildman–Crippen MR) is 64.3 cm³/mol. The van der Waals surface area contributed by atoms with Crippen LogP contribution in [-0.4, -0.2) is 32.0 Å². The van der Waals surface area contributed by atoms with Crippen LogP contribution in [0.15, 0.2) is 11.6 Å². The molecule has 0 amide bonds. The Bertz CT molecular complexity index is 257. The summed E-state index contributed by atoms with van der Waals surface area (Å²) in [6.45, 7) is 5.50. The molecule has 16 heavy (non-hydrogen) atoms. The molecule has 2 aliphatic rings. The van der Waals surface area contributed by atoms with E-state index in [9.17, 15) is 0 Å². The lowest BCUT2D eigenvalue weighted by Crippen LogP contribution is -2.40. The van der Waals surface area contributed by atoms with E-state index >= 15 is 0 Å². The summed E-state index contributed by atoms with van der Waals surface area (Å²) in [6.07, 6.45) is 6.62. The first-order valence-electron chi connectivity index (χ1n) is 6.34. The maximum atomic E-state index is 5.93. The fourth-order valence-electron chi connectivity index (χ4n) is 2.76. The SMILES string of the molecule is CC(=CCCN)C1CCOC2(CCOC2)C1. The van der Waals surface area contributed by atoms with Crippen LogP contribution in [0.3, 0.4) is 0 Å². The van der Waals surface area contributed by atoms with Gasteiger partial charge >= 0.3 is 0 Å². The zero-order valence-electron chi connectivity index (χ0n) is 10.2. The highest BCUT2D eigenvalue weighted by molar-refractivity contribution is 5.07. The monoisotopic (exact) mass is 225 g/mol. The minimum Gasteiger partial charge on any atom is -0.378 e. The van der Waals surface area contributed by atoms with E-state index in [1.807, 2.05) is 0 Å². The fraction of sp³-hybridized carbons (Fsp3) is 0.846. The maximum absolute atomic E-state index is 5.93. The van der Waals surface area contributed by atoms with E-state index < -0.39 is 0 Å². The second kappa shape index (κ2) is 5.30. The molecule has 1 spiro atoms. The van der Waals surface area contributed by atoms with Crippen molar-refractivity contribution in [1.82, 2.24) is 0 Å². The topological polar surface area (TPSA) is 44.5 Å². The molecule has 2 saturated heterocycles. The Morgan fingerprint density at radius 3 is 3.06 bits per heavy atom. The molecule has 3 heteroatoms. The van der Waals surface area contributed by atoms with Crippen molar-refractivity contribution in [3.8, 4) is 0 Å². The number of rotatable bonds is 3. The molecular formula is C13H23NO2. The van der Waals surface area contributed by atoms with Gasteiger partial charge < -0.3 is 15.2 Å². The van der Waals surface area contributed by atoms with Gasteiger partial charge in [0, 0.05) is 19.6 Å². The van der Waals surface area contributed by atoms with E-state index in [4.69, 9.17) is 15.2 Å². The lowest BCUT2D eigenvalue weighted by Gasteiger charge is -2.37. The zero-order valence-corrected chi connectivity index (χ0v) is 10.2. The molecule has 0 bridgehead atoms. The van der Waals surface area contributed by atoms with Gasteiger partial charge in [0.1, 0.15) is 0 Å². The summed E-state index contributed by atoms with van der Waals surface area (Å²) in [6, 6.07) is 0. The third-order valence-electron chi connectivity index (χ3n) is 3.84. The summed E-state index contributed by atoms with van der Waals surface area (Å²) in [4.78, 5) is 0. The summed E-state index contributed by atoms with van der Waals surface area (Å²) in [7, 11) is 0. The van der Waals surface area contributed by atoms with Crippen LogP contribution in [0.2, 0.25) is 0 Å². The van der Waals surface area contributed by atoms with E-state index in [-0.39, 0.29) is 5.60 Å². The Morgan fingerprint density at radius 1 is 1.50 bits per heavy atom. The Hall–Kier alpha value is -0.380. The number of nitrogens with two attached hydrogens (primary N) is 1. The summed E-state index contributed by atoms with van der Waals surface area (Å²) in [5.41, 5.74) is 7.05. The van der Waals surface area contributed by atoms with Crippen molar-refractivity contribution in [2.24, 2.45) is 11.7 Å². The van der Waals surface area contributed by atoms with E-state index in [1.165, 1.54) is 5.57 Å². The van der Waals surface area contributed by atoms with Crippen LogP contribution in [-0.2, 0) is 9.47 Å².